The normalized spacial score (nSPS) is 14.1. The number of benzene rings is 4. The molecular formula is C35H30Cl2FN5O2S. The van der Waals surface area contributed by atoms with Crippen LogP contribution in [0.4, 0.5) is 16.0 Å². The van der Waals surface area contributed by atoms with Crippen molar-refractivity contribution in [3.05, 3.63) is 140 Å². The van der Waals surface area contributed by atoms with Crippen LogP contribution in [0.15, 0.2) is 101 Å². The monoisotopic (exact) mass is 673 g/mol. The van der Waals surface area contributed by atoms with Gasteiger partial charge in [-0.25, -0.2) is 9.07 Å². The minimum absolute atomic E-state index is 0.0278. The Morgan fingerprint density at radius 1 is 1.00 bits per heavy atom. The van der Waals surface area contributed by atoms with E-state index < -0.39 is 11.9 Å². The van der Waals surface area contributed by atoms with Crippen LogP contribution in [0.2, 0.25) is 10.0 Å². The van der Waals surface area contributed by atoms with Gasteiger partial charge in [0.25, 0.3) is 5.91 Å². The number of aryl methyl sites for hydroxylation is 2. The Balaban J connectivity index is 1.31. The Morgan fingerprint density at radius 3 is 2.50 bits per heavy atom. The third-order valence-corrected chi connectivity index (χ3v) is 9.27. The fraction of sp³-hybridized carbons (Fsp3) is 0.171. The van der Waals surface area contributed by atoms with Gasteiger partial charge in [-0.1, -0.05) is 89.1 Å². The highest BCUT2D eigenvalue weighted by Crippen LogP contribution is 2.38. The van der Waals surface area contributed by atoms with Crippen LogP contribution < -0.4 is 15.4 Å². The summed E-state index contributed by atoms with van der Waals surface area (Å²) >= 11 is 14.0. The number of nitrogens with one attached hydrogen (secondary N) is 2. The number of fused-ring (bicyclic) bond motifs is 1. The van der Waals surface area contributed by atoms with Crippen LogP contribution in [0.5, 0.6) is 5.75 Å². The number of hydrogen-bond donors (Lipinski definition) is 2. The van der Waals surface area contributed by atoms with Crippen LogP contribution in [0.3, 0.4) is 0 Å². The number of halogens is 3. The minimum atomic E-state index is -0.598. The third kappa shape index (κ3) is 6.77. The zero-order valence-electron chi connectivity index (χ0n) is 25.3. The summed E-state index contributed by atoms with van der Waals surface area (Å²) in [6, 6.07) is 24.8. The predicted octanol–water partition coefficient (Wildman–Crippen LogP) is 9.14. The number of aromatic nitrogens is 3. The number of carbonyl (C=O) groups is 1. The van der Waals surface area contributed by atoms with Gasteiger partial charge in [0, 0.05) is 27.7 Å². The summed E-state index contributed by atoms with van der Waals surface area (Å²) < 4.78 is 21.9. The van der Waals surface area contributed by atoms with Gasteiger partial charge in [0.05, 0.1) is 10.6 Å². The van der Waals surface area contributed by atoms with Crippen molar-refractivity contribution in [3.63, 3.8) is 0 Å². The molecule has 4 aromatic carbocycles. The lowest BCUT2D eigenvalue weighted by Gasteiger charge is -2.29. The van der Waals surface area contributed by atoms with E-state index in [9.17, 15) is 9.18 Å². The summed E-state index contributed by atoms with van der Waals surface area (Å²) in [5.74, 6) is 0.928. The average Bonchev–Trinajstić information content (AvgIpc) is 3.43. The topological polar surface area (TPSA) is 81.1 Å². The lowest BCUT2D eigenvalue weighted by Crippen LogP contribution is -2.31. The highest BCUT2D eigenvalue weighted by molar-refractivity contribution is 7.98. The van der Waals surface area contributed by atoms with Crippen molar-refractivity contribution < 1.29 is 13.9 Å². The molecule has 1 aliphatic heterocycles. The summed E-state index contributed by atoms with van der Waals surface area (Å²) in [7, 11) is 0. The maximum Gasteiger partial charge on any atom is 0.255 e. The molecule has 1 unspecified atom stereocenters. The molecule has 1 aromatic heterocycles. The van der Waals surface area contributed by atoms with Crippen molar-refractivity contribution >= 4 is 52.5 Å². The molecule has 1 atom stereocenters. The highest BCUT2D eigenvalue weighted by Gasteiger charge is 2.34. The van der Waals surface area contributed by atoms with Gasteiger partial charge < -0.3 is 15.4 Å². The fourth-order valence-electron chi connectivity index (χ4n) is 5.27. The molecule has 0 radical (unpaired) electrons. The van der Waals surface area contributed by atoms with E-state index in [4.69, 9.17) is 38.0 Å². The van der Waals surface area contributed by atoms with Crippen molar-refractivity contribution in [3.8, 4) is 5.75 Å². The van der Waals surface area contributed by atoms with Crippen molar-refractivity contribution in [2.75, 3.05) is 10.6 Å². The van der Waals surface area contributed by atoms with Gasteiger partial charge in [0.1, 0.15) is 24.2 Å². The molecule has 1 amide bonds. The maximum absolute atomic E-state index is 14.3. The van der Waals surface area contributed by atoms with E-state index in [0.717, 1.165) is 27.9 Å². The van der Waals surface area contributed by atoms with Gasteiger partial charge in [-0.05, 0) is 73.9 Å². The highest BCUT2D eigenvalue weighted by atomic mass is 35.5. The molecule has 234 valence electrons. The molecule has 0 saturated heterocycles. The zero-order valence-corrected chi connectivity index (χ0v) is 27.6. The number of amides is 1. The smallest absolute Gasteiger partial charge is 0.255 e. The molecule has 46 heavy (non-hydrogen) atoms. The van der Waals surface area contributed by atoms with Gasteiger partial charge in [-0.15, -0.1) is 5.10 Å². The molecule has 5 aromatic rings. The fourth-order valence-corrected chi connectivity index (χ4v) is 6.60. The Kier molecular flexibility index (Phi) is 9.35. The molecule has 0 fully saturated rings. The van der Waals surface area contributed by atoms with Crippen LogP contribution in [0, 0.1) is 19.7 Å². The number of anilines is 2. The molecule has 2 heterocycles. The number of hydrogen-bond acceptors (Lipinski definition) is 6. The van der Waals surface area contributed by atoms with Crippen LogP contribution >= 0.6 is 35.0 Å². The van der Waals surface area contributed by atoms with E-state index in [1.54, 1.807) is 28.9 Å². The van der Waals surface area contributed by atoms with Gasteiger partial charge in [0.2, 0.25) is 11.1 Å². The second-order valence-electron chi connectivity index (χ2n) is 10.9. The summed E-state index contributed by atoms with van der Waals surface area (Å²) in [6.45, 7) is 5.80. The van der Waals surface area contributed by atoms with Crippen LogP contribution in [0.25, 0.3) is 0 Å². The first-order valence-electron chi connectivity index (χ1n) is 14.5. The second-order valence-corrected chi connectivity index (χ2v) is 12.7. The van der Waals surface area contributed by atoms with E-state index in [1.165, 1.54) is 17.8 Å². The SMILES string of the molecule is CC1=C(C(=O)Nc2ccc(C)cc2C)C(c2ccc(OCc3c(F)cccc3Cl)cc2)n2nc(SCc3ccccc3Cl)nc2N1. The Labute approximate surface area is 280 Å². The van der Waals surface area contributed by atoms with Crippen molar-refractivity contribution in [2.45, 2.75) is 44.3 Å². The molecule has 1 aliphatic rings. The number of thioether (sulfide) groups is 1. The minimum Gasteiger partial charge on any atom is -0.489 e. The summed E-state index contributed by atoms with van der Waals surface area (Å²) in [4.78, 5) is 18.7. The maximum atomic E-state index is 14.3. The first kappa shape index (κ1) is 31.7. The molecule has 6 rings (SSSR count). The number of nitrogens with zero attached hydrogens (tertiary/aromatic N) is 3. The zero-order chi connectivity index (χ0) is 32.4. The van der Waals surface area contributed by atoms with E-state index in [1.807, 2.05) is 75.4 Å². The van der Waals surface area contributed by atoms with E-state index >= 15 is 0 Å². The lowest BCUT2D eigenvalue weighted by atomic mass is 9.94. The number of allylic oxidation sites excluding steroid dienone is 1. The van der Waals surface area contributed by atoms with Crippen molar-refractivity contribution in [2.24, 2.45) is 0 Å². The Morgan fingerprint density at radius 2 is 1.76 bits per heavy atom. The van der Waals surface area contributed by atoms with Crippen LogP contribution in [-0.2, 0) is 17.2 Å². The molecule has 0 saturated carbocycles. The second kappa shape index (κ2) is 13.6. The number of ether oxygens (including phenoxy) is 1. The molecule has 0 aliphatic carbocycles. The molecule has 11 heteroatoms. The quantitative estimate of drug-likeness (QED) is 0.152. The first-order valence-corrected chi connectivity index (χ1v) is 16.3. The van der Waals surface area contributed by atoms with Crippen molar-refractivity contribution in [1.82, 2.24) is 14.8 Å². The molecule has 2 N–H and O–H groups in total. The van der Waals surface area contributed by atoms with Gasteiger partial charge >= 0.3 is 0 Å². The Hall–Kier alpha value is -4.31. The predicted molar refractivity (Wildman–Crippen MR) is 182 cm³/mol. The van der Waals surface area contributed by atoms with E-state index in [2.05, 4.69) is 10.6 Å². The largest absolute Gasteiger partial charge is 0.489 e. The molecule has 0 bridgehead atoms. The van der Waals surface area contributed by atoms with Crippen LogP contribution in [-0.4, -0.2) is 20.7 Å². The van der Waals surface area contributed by atoms with Gasteiger partial charge in [-0.3, -0.25) is 4.79 Å². The van der Waals surface area contributed by atoms with Gasteiger partial charge in [-0.2, -0.15) is 4.98 Å². The summed E-state index contributed by atoms with van der Waals surface area (Å²) in [5.41, 5.74) is 5.99. The number of rotatable bonds is 9. The molecule has 0 spiro atoms. The van der Waals surface area contributed by atoms with E-state index in [-0.39, 0.29) is 18.1 Å². The van der Waals surface area contributed by atoms with Crippen molar-refractivity contribution in [1.29, 1.82) is 0 Å². The van der Waals surface area contributed by atoms with E-state index in [0.29, 0.717) is 43.9 Å². The van der Waals surface area contributed by atoms with Crippen LogP contribution in [0.1, 0.15) is 40.8 Å². The molecular weight excluding hydrogens is 644 g/mol. The third-order valence-electron chi connectivity index (χ3n) is 7.66. The van der Waals surface area contributed by atoms with Gasteiger partial charge in [0.15, 0.2) is 0 Å². The average molecular weight is 675 g/mol. The first-order chi connectivity index (χ1) is 22.2. The Bertz CT molecular complexity index is 1940. The number of carbonyl (C=O) groups excluding carboxylic acids is 1. The summed E-state index contributed by atoms with van der Waals surface area (Å²) in [5, 5.41) is 12.7. The molecule has 7 nitrogen and oxygen atoms in total. The lowest BCUT2D eigenvalue weighted by molar-refractivity contribution is -0.113. The standard InChI is InChI=1S/C35H30Cl2FN5O2S/c1-20-11-16-30(21(2)17-20)40-33(44)31-22(3)39-34-41-35(46-19-24-7-4-5-8-27(24)36)42-43(34)32(31)23-12-14-25(15-13-23)45-18-26-28(37)9-6-10-29(26)38/h4-17,32H,18-19H2,1-3H3,(H,40,44)(H,39,41,42). The summed E-state index contributed by atoms with van der Waals surface area (Å²) in [6.07, 6.45) is 0.